The van der Waals surface area contributed by atoms with Crippen LogP contribution in [0.25, 0.3) is 22.0 Å². The highest BCUT2D eigenvalue weighted by atomic mass is 35.5. The Morgan fingerprint density at radius 3 is 2.35 bits per heavy atom. The van der Waals surface area contributed by atoms with Crippen molar-refractivity contribution in [1.29, 1.82) is 0 Å². The van der Waals surface area contributed by atoms with Crippen molar-refractivity contribution in [2.24, 2.45) is 5.92 Å². The summed E-state index contributed by atoms with van der Waals surface area (Å²) in [5, 5.41) is 30.7. The van der Waals surface area contributed by atoms with Crippen LogP contribution in [-0.4, -0.2) is 42.9 Å². The molecule has 2 saturated carbocycles. The molecule has 4 aromatic rings. The van der Waals surface area contributed by atoms with Gasteiger partial charge in [0.15, 0.2) is 11.5 Å². The van der Waals surface area contributed by atoms with Crippen LogP contribution in [0.15, 0.2) is 48.9 Å². The van der Waals surface area contributed by atoms with E-state index in [1.165, 1.54) is 0 Å². The van der Waals surface area contributed by atoms with Gasteiger partial charge >= 0.3 is 6.09 Å². The van der Waals surface area contributed by atoms with E-state index in [0.717, 1.165) is 60.7 Å². The minimum atomic E-state index is -0.991. The van der Waals surface area contributed by atoms with Gasteiger partial charge in [-0.15, -0.1) is 0 Å². The normalized spacial score (nSPS) is 18.9. The minimum Gasteiger partial charge on any atom is -0.505 e. The Morgan fingerprint density at radius 2 is 1.68 bits per heavy atom. The lowest BCUT2D eigenvalue weighted by molar-refractivity contribution is 0.0968. The SMILES string of the molecule is O=C(O)N[C@H]1CC[C@H](n2cc(Nc3c(C(=O)C4CC4)cnc4ccc(-c5cc(Cl)c(O)c(Cl)c5)cc34)cn2)CC1. The van der Waals surface area contributed by atoms with E-state index >= 15 is 0 Å². The lowest BCUT2D eigenvalue weighted by Gasteiger charge is -2.28. The molecular weight excluding hydrogens is 553 g/mol. The number of carboxylic acid groups (broad SMARTS) is 1. The predicted octanol–water partition coefficient (Wildman–Crippen LogP) is 7.20. The van der Waals surface area contributed by atoms with Crippen LogP contribution in [0.5, 0.6) is 5.75 Å². The number of nitrogens with one attached hydrogen (secondary N) is 2. The number of carbonyl (C=O) groups is 2. The quantitative estimate of drug-likeness (QED) is 0.170. The number of phenolic OH excluding ortho intramolecular Hbond substituents is 1. The van der Waals surface area contributed by atoms with Gasteiger partial charge in [0.1, 0.15) is 0 Å². The lowest BCUT2D eigenvalue weighted by Crippen LogP contribution is -2.37. The Bertz CT molecular complexity index is 1600. The first-order valence-electron chi connectivity index (χ1n) is 13.2. The Labute approximate surface area is 240 Å². The molecule has 0 bridgehead atoms. The largest absolute Gasteiger partial charge is 0.505 e. The molecule has 2 aromatic heterocycles. The minimum absolute atomic E-state index is 0.00927. The van der Waals surface area contributed by atoms with Crippen molar-refractivity contribution in [2.45, 2.75) is 50.6 Å². The number of rotatable bonds is 7. The first kappa shape index (κ1) is 26.4. The van der Waals surface area contributed by atoms with E-state index in [9.17, 15) is 14.7 Å². The van der Waals surface area contributed by atoms with E-state index in [0.29, 0.717) is 16.8 Å². The second kappa shape index (κ2) is 10.6. The van der Waals surface area contributed by atoms with E-state index in [4.69, 9.17) is 28.3 Å². The molecule has 2 aliphatic rings. The number of anilines is 2. The highest BCUT2D eigenvalue weighted by Gasteiger charge is 2.33. The van der Waals surface area contributed by atoms with E-state index < -0.39 is 6.09 Å². The van der Waals surface area contributed by atoms with Crippen molar-refractivity contribution in [3.05, 3.63) is 64.5 Å². The number of aromatic nitrogens is 3. The summed E-state index contributed by atoms with van der Waals surface area (Å²) in [6.45, 7) is 0. The zero-order valence-corrected chi connectivity index (χ0v) is 22.9. The number of phenols is 1. The van der Waals surface area contributed by atoms with E-state index in [1.807, 2.05) is 29.1 Å². The topological polar surface area (TPSA) is 129 Å². The highest BCUT2D eigenvalue weighted by molar-refractivity contribution is 6.37. The standard InChI is InChI=1S/C29H27Cl2N5O4/c30-23-10-17(11-24(31)28(23)38)16-3-8-25-21(9-16)26(22(13-32-25)27(37)15-1-2-15)34-19-12-33-36(14-19)20-6-4-18(5-7-20)35-29(39)40/h3,8-15,18,20,35,38H,1-2,4-7H2,(H,32,34)(H,39,40)/t18-,20-. The summed E-state index contributed by atoms with van der Waals surface area (Å²) in [6, 6.07) is 9.14. The number of nitrogens with zero attached hydrogens (tertiary/aromatic N) is 3. The molecule has 0 atom stereocenters. The third-order valence-electron chi connectivity index (χ3n) is 7.70. The Hall–Kier alpha value is -3.82. The van der Waals surface area contributed by atoms with Crippen LogP contribution in [0, 0.1) is 5.92 Å². The maximum Gasteiger partial charge on any atom is 0.404 e. The number of amides is 1. The van der Waals surface area contributed by atoms with Crippen molar-refractivity contribution < 1.29 is 19.8 Å². The van der Waals surface area contributed by atoms with Gasteiger partial charge in [0, 0.05) is 29.7 Å². The van der Waals surface area contributed by atoms with E-state index in [2.05, 4.69) is 20.7 Å². The van der Waals surface area contributed by atoms with Gasteiger partial charge in [-0.05, 0) is 73.9 Å². The third-order valence-corrected chi connectivity index (χ3v) is 8.28. The fourth-order valence-corrected chi connectivity index (χ4v) is 5.88. The molecule has 6 rings (SSSR count). The number of pyridine rings is 1. The molecule has 0 aliphatic heterocycles. The Balaban J connectivity index is 1.34. The molecule has 11 heteroatoms. The van der Waals surface area contributed by atoms with Crippen LogP contribution >= 0.6 is 23.2 Å². The first-order valence-corrected chi connectivity index (χ1v) is 14.0. The molecule has 4 N–H and O–H groups in total. The van der Waals surface area contributed by atoms with Gasteiger partial charge in [-0.1, -0.05) is 29.3 Å². The summed E-state index contributed by atoms with van der Waals surface area (Å²) in [4.78, 5) is 28.8. The molecular formula is C29H27Cl2N5O4. The highest BCUT2D eigenvalue weighted by Crippen LogP contribution is 2.41. The van der Waals surface area contributed by atoms with Crippen LogP contribution in [0.3, 0.4) is 0 Å². The van der Waals surface area contributed by atoms with Gasteiger partial charge in [0.05, 0.1) is 44.7 Å². The van der Waals surface area contributed by atoms with Gasteiger partial charge in [-0.2, -0.15) is 5.10 Å². The first-order chi connectivity index (χ1) is 19.3. The number of hydrogen-bond acceptors (Lipinski definition) is 6. The van der Waals surface area contributed by atoms with Crippen LogP contribution in [0.4, 0.5) is 16.2 Å². The van der Waals surface area contributed by atoms with Crippen molar-refractivity contribution >= 4 is 57.4 Å². The molecule has 206 valence electrons. The van der Waals surface area contributed by atoms with Gasteiger partial charge in [-0.25, -0.2) is 4.79 Å². The molecule has 2 aliphatic carbocycles. The second-order valence-electron chi connectivity index (χ2n) is 10.5. The fraction of sp³-hybridized carbons (Fsp3) is 0.310. The number of benzene rings is 2. The average molecular weight is 580 g/mol. The molecule has 0 unspecified atom stereocenters. The maximum absolute atomic E-state index is 13.3. The number of carbonyl (C=O) groups excluding carboxylic acids is 1. The monoisotopic (exact) mass is 579 g/mol. The van der Waals surface area contributed by atoms with Crippen LogP contribution in [0.1, 0.15) is 54.9 Å². The Kier molecular flexibility index (Phi) is 7.02. The predicted molar refractivity (Wildman–Crippen MR) is 154 cm³/mol. The van der Waals surface area contributed by atoms with Gasteiger partial charge in [-0.3, -0.25) is 14.5 Å². The van der Waals surface area contributed by atoms with E-state index in [-0.39, 0.29) is 39.6 Å². The van der Waals surface area contributed by atoms with Crippen molar-refractivity contribution in [3.8, 4) is 16.9 Å². The molecule has 2 heterocycles. The molecule has 0 radical (unpaired) electrons. The smallest absolute Gasteiger partial charge is 0.404 e. The molecule has 2 fully saturated rings. The number of aromatic hydroxyl groups is 1. The van der Waals surface area contributed by atoms with Crippen LogP contribution in [0.2, 0.25) is 10.0 Å². The number of Topliss-reactive ketones (excluding diaryl/α,β-unsaturated/α-hetero) is 1. The van der Waals surface area contributed by atoms with E-state index in [1.54, 1.807) is 24.5 Å². The van der Waals surface area contributed by atoms with Crippen LogP contribution in [-0.2, 0) is 0 Å². The summed E-state index contributed by atoms with van der Waals surface area (Å²) in [6.07, 6.45) is 9.20. The van der Waals surface area contributed by atoms with Gasteiger partial charge in [0.25, 0.3) is 0 Å². The van der Waals surface area contributed by atoms with Gasteiger partial charge < -0.3 is 20.8 Å². The summed E-state index contributed by atoms with van der Waals surface area (Å²) in [7, 11) is 0. The third kappa shape index (κ3) is 5.31. The summed E-state index contributed by atoms with van der Waals surface area (Å²) in [5.74, 6) is -0.0949. The number of ketones is 1. The van der Waals surface area contributed by atoms with Crippen molar-refractivity contribution in [1.82, 2.24) is 20.1 Å². The molecule has 2 aromatic carbocycles. The molecule has 0 spiro atoms. The second-order valence-corrected chi connectivity index (χ2v) is 11.3. The summed E-state index contributed by atoms with van der Waals surface area (Å²) in [5.41, 5.74) is 4.17. The molecule has 40 heavy (non-hydrogen) atoms. The summed E-state index contributed by atoms with van der Waals surface area (Å²) >= 11 is 12.4. The zero-order chi connectivity index (χ0) is 28.0. The maximum atomic E-state index is 13.3. The number of halogens is 2. The molecule has 9 nitrogen and oxygen atoms in total. The van der Waals surface area contributed by atoms with Crippen molar-refractivity contribution in [2.75, 3.05) is 5.32 Å². The number of hydrogen-bond donors (Lipinski definition) is 4. The Morgan fingerprint density at radius 1 is 0.950 bits per heavy atom. The number of fused-ring (bicyclic) bond motifs is 1. The molecule has 1 amide bonds. The average Bonchev–Trinajstić information content (AvgIpc) is 3.69. The zero-order valence-electron chi connectivity index (χ0n) is 21.4. The van der Waals surface area contributed by atoms with Gasteiger partial charge in [0.2, 0.25) is 0 Å². The molecule has 0 saturated heterocycles. The van der Waals surface area contributed by atoms with Crippen molar-refractivity contribution in [3.63, 3.8) is 0 Å². The fourth-order valence-electron chi connectivity index (χ4n) is 5.40. The van der Waals surface area contributed by atoms with Crippen LogP contribution < -0.4 is 10.6 Å². The summed E-state index contributed by atoms with van der Waals surface area (Å²) < 4.78 is 1.91. The lowest BCUT2D eigenvalue weighted by atomic mass is 9.91.